The van der Waals surface area contributed by atoms with Crippen LogP contribution in [-0.4, -0.2) is 59.5 Å². The van der Waals surface area contributed by atoms with E-state index < -0.39 is 23.8 Å². The fourth-order valence-electron chi connectivity index (χ4n) is 4.27. The lowest BCUT2D eigenvalue weighted by Crippen LogP contribution is -2.54. The normalized spacial score (nSPS) is 25.6. The second kappa shape index (κ2) is 7.90. The van der Waals surface area contributed by atoms with Crippen LogP contribution in [0.1, 0.15) is 59.4 Å². The molecule has 0 aliphatic carbocycles. The summed E-state index contributed by atoms with van der Waals surface area (Å²) < 4.78 is 5.66. The number of nitrogens with one attached hydrogen (secondary N) is 3. The third-order valence-corrected chi connectivity index (χ3v) is 5.74. The highest BCUT2D eigenvalue weighted by molar-refractivity contribution is 6.24. The average Bonchev–Trinajstić information content (AvgIpc) is 3.16. The summed E-state index contributed by atoms with van der Waals surface area (Å²) in [6.45, 7) is 5.79. The van der Waals surface area contributed by atoms with Crippen LogP contribution in [0.5, 0.6) is 0 Å². The molecule has 3 heterocycles. The summed E-state index contributed by atoms with van der Waals surface area (Å²) in [4.78, 5) is 50.5. The van der Waals surface area contributed by atoms with Crippen molar-refractivity contribution in [3.63, 3.8) is 0 Å². The maximum Gasteiger partial charge on any atom is 0.262 e. The van der Waals surface area contributed by atoms with Gasteiger partial charge in [0, 0.05) is 19.0 Å². The first kappa shape index (κ1) is 20.6. The Morgan fingerprint density at radius 3 is 2.70 bits per heavy atom. The van der Waals surface area contributed by atoms with Gasteiger partial charge in [-0.1, -0.05) is 12.1 Å². The van der Waals surface area contributed by atoms with Crippen LogP contribution in [0, 0.1) is 0 Å². The van der Waals surface area contributed by atoms with Crippen molar-refractivity contribution in [2.45, 2.75) is 57.5 Å². The first-order valence-corrected chi connectivity index (χ1v) is 10.2. The van der Waals surface area contributed by atoms with Crippen LogP contribution >= 0.6 is 0 Å². The number of nitrogens with zero attached hydrogens (tertiary/aromatic N) is 1. The monoisotopic (exact) mass is 414 g/mol. The number of imide groups is 2. The number of fused-ring (bicyclic) bond motifs is 1. The number of hydrogen-bond acceptors (Lipinski definition) is 7. The Labute approximate surface area is 174 Å². The minimum Gasteiger partial charge on any atom is -0.360 e. The molecule has 160 valence electrons. The van der Waals surface area contributed by atoms with Crippen molar-refractivity contribution < 1.29 is 23.9 Å². The molecule has 1 aromatic carbocycles. The van der Waals surface area contributed by atoms with Crippen molar-refractivity contribution in [2.75, 3.05) is 13.2 Å². The summed E-state index contributed by atoms with van der Waals surface area (Å²) in [7, 11) is 0. The van der Waals surface area contributed by atoms with Crippen molar-refractivity contribution in [1.29, 1.82) is 0 Å². The zero-order chi connectivity index (χ0) is 21.5. The van der Waals surface area contributed by atoms with E-state index in [0.717, 1.165) is 23.4 Å². The maximum atomic E-state index is 13.1. The highest BCUT2D eigenvalue weighted by Gasteiger charge is 2.45. The Hall–Kier alpha value is -2.62. The second-order valence-corrected chi connectivity index (χ2v) is 8.41. The number of carbonyl (C=O) groups excluding carboxylic acids is 4. The Kier molecular flexibility index (Phi) is 5.44. The third-order valence-electron chi connectivity index (χ3n) is 5.74. The van der Waals surface area contributed by atoms with Gasteiger partial charge < -0.3 is 10.1 Å². The number of amides is 4. The zero-order valence-corrected chi connectivity index (χ0v) is 17.1. The number of rotatable bonds is 6. The Morgan fingerprint density at radius 2 is 2.00 bits per heavy atom. The molecule has 2 unspecified atom stereocenters. The Balaban J connectivity index is 1.42. The number of piperidine rings is 1. The van der Waals surface area contributed by atoms with Crippen LogP contribution in [0.3, 0.4) is 0 Å². The predicted molar refractivity (Wildman–Crippen MR) is 106 cm³/mol. The van der Waals surface area contributed by atoms with E-state index in [1.165, 1.54) is 0 Å². The van der Waals surface area contributed by atoms with Gasteiger partial charge in [0.2, 0.25) is 11.8 Å². The van der Waals surface area contributed by atoms with Crippen LogP contribution in [0.2, 0.25) is 0 Å². The molecule has 3 aliphatic heterocycles. The molecule has 2 fully saturated rings. The number of ether oxygens (including phenoxy) is 1. The van der Waals surface area contributed by atoms with Gasteiger partial charge in [0.1, 0.15) is 11.8 Å². The van der Waals surface area contributed by atoms with E-state index in [1.54, 1.807) is 12.1 Å². The van der Waals surface area contributed by atoms with Gasteiger partial charge in [0.05, 0.1) is 17.7 Å². The summed E-state index contributed by atoms with van der Waals surface area (Å²) in [6.07, 6.45) is 1.12. The van der Waals surface area contributed by atoms with Crippen molar-refractivity contribution in [3.8, 4) is 0 Å². The molecule has 30 heavy (non-hydrogen) atoms. The fourth-order valence-corrected chi connectivity index (χ4v) is 4.27. The lowest BCUT2D eigenvalue weighted by molar-refractivity contribution is -0.136. The summed E-state index contributed by atoms with van der Waals surface area (Å²) in [6, 6.07) is 4.47. The van der Waals surface area contributed by atoms with Gasteiger partial charge in [-0.05, 0) is 44.9 Å². The van der Waals surface area contributed by atoms with Crippen molar-refractivity contribution in [1.82, 2.24) is 20.9 Å². The molecular formula is C21H26N4O5. The molecule has 0 bridgehead atoms. The topological polar surface area (TPSA) is 117 Å². The van der Waals surface area contributed by atoms with E-state index in [4.69, 9.17) is 4.74 Å². The molecule has 9 nitrogen and oxygen atoms in total. The summed E-state index contributed by atoms with van der Waals surface area (Å²) in [5.41, 5.74) is 1.05. The molecule has 4 rings (SSSR count). The van der Waals surface area contributed by atoms with Crippen LogP contribution in [0.25, 0.3) is 0 Å². The average molecular weight is 414 g/mol. The van der Waals surface area contributed by atoms with E-state index in [9.17, 15) is 19.2 Å². The molecule has 2 atom stereocenters. The molecule has 4 amide bonds. The van der Waals surface area contributed by atoms with E-state index in [1.807, 2.05) is 19.9 Å². The van der Waals surface area contributed by atoms with Gasteiger partial charge in [-0.3, -0.25) is 34.7 Å². The lowest BCUT2D eigenvalue weighted by Gasteiger charge is -2.27. The number of hydrogen-bond donors (Lipinski definition) is 3. The molecule has 1 aromatic rings. The molecule has 0 radical (unpaired) electrons. The van der Waals surface area contributed by atoms with Gasteiger partial charge in [-0.25, -0.2) is 0 Å². The maximum absolute atomic E-state index is 13.1. The summed E-state index contributed by atoms with van der Waals surface area (Å²) >= 11 is 0. The van der Waals surface area contributed by atoms with Crippen LogP contribution < -0.4 is 16.0 Å². The minimum atomic E-state index is -0.951. The second-order valence-electron chi connectivity index (χ2n) is 8.41. The van der Waals surface area contributed by atoms with Gasteiger partial charge in [0.25, 0.3) is 11.8 Å². The third kappa shape index (κ3) is 3.88. The summed E-state index contributed by atoms with van der Waals surface area (Å²) in [5, 5.41) is 8.94. The molecule has 3 aliphatic rings. The van der Waals surface area contributed by atoms with Crippen LogP contribution in [0.15, 0.2) is 18.2 Å². The zero-order valence-electron chi connectivity index (χ0n) is 17.1. The molecule has 9 heteroatoms. The first-order chi connectivity index (χ1) is 14.3. The number of benzene rings is 1. The lowest BCUT2D eigenvalue weighted by atomic mass is 10.0. The van der Waals surface area contributed by atoms with E-state index in [2.05, 4.69) is 16.0 Å². The quantitative estimate of drug-likeness (QED) is 0.453. The number of carbonyl (C=O) groups is 4. The molecule has 0 spiro atoms. The van der Waals surface area contributed by atoms with Gasteiger partial charge in [-0.15, -0.1) is 0 Å². The van der Waals surface area contributed by atoms with Gasteiger partial charge in [-0.2, -0.15) is 0 Å². The highest BCUT2D eigenvalue weighted by Crippen LogP contribution is 2.30. The molecule has 3 N–H and O–H groups in total. The van der Waals surface area contributed by atoms with E-state index in [0.29, 0.717) is 24.3 Å². The fraction of sp³-hybridized carbons (Fsp3) is 0.524. The smallest absolute Gasteiger partial charge is 0.262 e. The molecule has 2 saturated heterocycles. The van der Waals surface area contributed by atoms with Gasteiger partial charge >= 0.3 is 0 Å². The SMILES string of the molecule is CC1(C)NC(CCNCc2cccc3c2C(=O)N(C2CCC(=O)NC2=O)C3=O)CO1. The van der Waals surface area contributed by atoms with E-state index >= 15 is 0 Å². The van der Waals surface area contributed by atoms with Crippen molar-refractivity contribution in [3.05, 3.63) is 34.9 Å². The van der Waals surface area contributed by atoms with Crippen LogP contribution in [-0.2, 0) is 20.9 Å². The molecular weight excluding hydrogens is 388 g/mol. The van der Waals surface area contributed by atoms with E-state index in [-0.39, 0.29) is 30.5 Å². The minimum absolute atomic E-state index is 0.105. The molecule has 0 saturated carbocycles. The Bertz CT molecular complexity index is 913. The molecule has 0 aromatic heterocycles. The first-order valence-electron chi connectivity index (χ1n) is 10.2. The van der Waals surface area contributed by atoms with Crippen molar-refractivity contribution >= 4 is 23.6 Å². The Morgan fingerprint density at radius 1 is 1.20 bits per heavy atom. The largest absolute Gasteiger partial charge is 0.360 e. The standard InChI is InChI=1S/C21H26N4O5/c1-21(2)24-13(11-30-21)8-9-22-10-12-4-3-5-14-17(12)20(29)25(19(14)28)15-6-7-16(26)23-18(15)27/h3-5,13,15,22,24H,6-11H2,1-2H3,(H,23,26,27). The van der Waals surface area contributed by atoms with Gasteiger partial charge in [0.15, 0.2) is 0 Å². The summed E-state index contributed by atoms with van der Waals surface area (Å²) in [5.74, 6) is -1.95. The van der Waals surface area contributed by atoms with Crippen molar-refractivity contribution in [2.24, 2.45) is 0 Å². The predicted octanol–water partition coefficient (Wildman–Crippen LogP) is 0.292. The van der Waals surface area contributed by atoms with Crippen LogP contribution in [0.4, 0.5) is 0 Å². The highest BCUT2D eigenvalue weighted by atomic mass is 16.5.